The van der Waals surface area contributed by atoms with Crippen molar-refractivity contribution in [2.75, 3.05) is 6.54 Å². The van der Waals surface area contributed by atoms with Crippen LogP contribution >= 0.6 is 0 Å². The number of carbonyl (C=O) groups is 1. The van der Waals surface area contributed by atoms with Gasteiger partial charge in [-0.3, -0.25) is 9.89 Å². The highest BCUT2D eigenvalue weighted by Crippen LogP contribution is 2.22. The van der Waals surface area contributed by atoms with Crippen molar-refractivity contribution in [1.29, 1.82) is 0 Å². The molecule has 2 aromatic rings. The summed E-state index contributed by atoms with van der Waals surface area (Å²) in [6, 6.07) is 8.56. The molecule has 1 aromatic heterocycles. The number of nitrogens with zero attached hydrogens (tertiary/aromatic N) is 2. The monoisotopic (exact) mass is 314 g/mol. The Balaban J connectivity index is 1.66. The number of carbonyl (C=O) groups excluding carboxylic acids is 1. The summed E-state index contributed by atoms with van der Waals surface area (Å²) in [5.41, 5.74) is 2.69. The maximum atomic E-state index is 11.9. The summed E-state index contributed by atoms with van der Waals surface area (Å²) in [7, 11) is 0. The van der Waals surface area contributed by atoms with Gasteiger partial charge in [0.2, 0.25) is 5.91 Å². The minimum Gasteiger partial charge on any atom is -0.356 e. The highest BCUT2D eigenvalue weighted by atomic mass is 16.1. The standard InChI is InChI=1S/C18H26N4O/c1-18(2,3)15-9-6-14(7-10-15)8-11-17(23)19-12-4-5-16-20-13-21-22-16/h6-7,9-10,13H,4-5,8,11-12H2,1-3H3,(H,19,23)(H,20,21,22). The van der Waals surface area contributed by atoms with Gasteiger partial charge in [0.1, 0.15) is 12.2 Å². The second-order valence-corrected chi connectivity index (χ2v) is 6.83. The van der Waals surface area contributed by atoms with Gasteiger partial charge in [0, 0.05) is 19.4 Å². The molecule has 0 spiro atoms. The summed E-state index contributed by atoms with van der Waals surface area (Å²) in [5, 5.41) is 9.56. The Morgan fingerprint density at radius 3 is 2.52 bits per heavy atom. The third-order valence-corrected chi connectivity index (χ3v) is 3.84. The summed E-state index contributed by atoms with van der Waals surface area (Å²) in [6.45, 7) is 7.28. The third-order valence-electron chi connectivity index (χ3n) is 3.84. The van der Waals surface area contributed by atoms with Crippen molar-refractivity contribution >= 4 is 5.91 Å². The molecule has 124 valence electrons. The summed E-state index contributed by atoms with van der Waals surface area (Å²) in [4.78, 5) is 15.9. The molecule has 0 aliphatic heterocycles. The number of rotatable bonds is 7. The first-order chi connectivity index (χ1) is 10.9. The Bertz CT molecular complexity index is 597. The van der Waals surface area contributed by atoms with E-state index in [-0.39, 0.29) is 11.3 Å². The molecule has 1 aromatic carbocycles. The SMILES string of the molecule is CC(C)(C)c1ccc(CCC(=O)NCCCc2ncn[nH]2)cc1. The van der Waals surface area contributed by atoms with Crippen LogP contribution in [0.2, 0.25) is 0 Å². The lowest BCUT2D eigenvalue weighted by atomic mass is 9.86. The van der Waals surface area contributed by atoms with E-state index in [0.29, 0.717) is 13.0 Å². The molecule has 0 saturated heterocycles. The van der Waals surface area contributed by atoms with Crippen LogP contribution in [0.1, 0.15) is 50.6 Å². The number of aryl methyl sites for hydroxylation is 2. The van der Waals surface area contributed by atoms with Gasteiger partial charge in [0.25, 0.3) is 0 Å². The zero-order valence-electron chi connectivity index (χ0n) is 14.2. The molecule has 0 aliphatic rings. The fraction of sp³-hybridized carbons (Fsp3) is 0.500. The second-order valence-electron chi connectivity index (χ2n) is 6.83. The van der Waals surface area contributed by atoms with E-state index < -0.39 is 0 Å². The first-order valence-corrected chi connectivity index (χ1v) is 8.15. The van der Waals surface area contributed by atoms with Gasteiger partial charge in [-0.2, -0.15) is 5.10 Å². The van der Waals surface area contributed by atoms with Crippen LogP contribution < -0.4 is 5.32 Å². The highest BCUT2D eigenvalue weighted by molar-refractivity contribution is 5.76. The Labute approximate surface area is 137 Å². The maximum absolute atomic E-state index is 11.9. The second kappa shape index (κ2) is 7.90. The first-order valence-electron chi connectivity index (χ1n) is 8.15. The molecule has 0 atom stereocenters. The third kappa shape index (κ3) is 5.85. The maximum Gasteiger partial charge on any atom is 0.220 e. The van der Waals surface area contributed by atoms with Crippen molar-refractivity contribution < 1.29 is 4.79 Å². The molecule has 2 rings (SSSR count). The van der Waals surface area contributed by atoms with Crippen molar-refractivity contribution in [1.82, 2.24) is 20.5 Å². The number of aromatic nitrogens is 3. The average molecular weight is 314 g/mol. The molecule has 1 heterocycles. The van der Waals surface area contributed by atoms with Gasteiger partial charge in [-0.1, -0.05) is 45.0 Å². The van der Waals surface area contributed by atoms with E-state index in [0.717, 1.165) is 25.1 Å². The van der Waals surface area contributed by atoms with E-state index in [2.05, 4.69) is 65.5 Å². The number of benzene rings is 1. The fourth-order valence-corrected chi connectivity index (χ4v) is 2.35. The number of amides is 1. The number of hydrogen-bond donors (Lipinski definition) is 2. The summed E-state index contributed by atoms with van der Waals surface area (Å²) in [5.74, 6) is 0.959. The van der Waals surface area contributed by atoms with E-state index in [4.69, 9.17) is 0 Å². The minimum absolute atomic E-state index is 0.0995. The van der Waals surface area contributed by atoms with Crippen molar-refractivity contribution in [3.8, 4) is 0 Å². The zero-order chi connectivity index (χ0) is 16.7. The molecule has 0 radical (unpaired) electrons. The Morgan fingerprint density at radius 1 is 1.17 bits per heavy atom. The van der Waals surface area contributed by atoms with Crippen LogP contribution in [0.3, 0.4) is 0 Å². The molecule has 2 N–H and O–H groups in total. The average Bonchev–Trinajstić information content (AvgIpc) is 3.02. The van der Waals surface area contributed by atoms with E-state index in [9.17, 15) is 4.79 Å². The quantitative estimate of drug-likeness (QED) is 0.772. The van der Waals surface area contributed by atoms with E-state index in [1.807, 2.05) is 0 Å². The van der Waals surface area contributed by atoms with Gasteiger partial charge < -0.3 is 5.32 Å². The number of hydrogen-bond acceptors (Lipinski definition) is 3. The van der Waals surface area contributed by atoms with Crippen LogP contribution in [-0.2, 0) is 23.1 Å². The van der Waals surface area contributed by atoms with Crippen molar-refractivity contribution in [3.05, 3.63) is 47.5 Å². The van der Waals surface area contributed by atoms with E-state index >= 15 is 0 Å². The summed E-state index contributed by atoms with van der Waals surface area (Å²) >= 11 is 0. The largest absolute Gasteiger partial charge is 0.356 e. The van der Waals surface area contributed by atoms with Crippen LogP contribution in [0.4, 0.5) is 0 Å². The molecule has 1 amide bonds. The predicted octanol–water partition coefficient (Wildman–Crippen LogP) is 2.78. The molecule has 5 nitrogen and oxygen atoms in total. The number of aromatic amines is 1. The van der Waals surface area contributed by atoms with E-state index in [1.54, 1.807) is 0 Å². The van der Waals surface area contributed by atoms with Crippen molar-refractivity contribution in [3.63, 3.8) is 0 Å². The van der Waals surface area contributed by atoms with Crippen LogP contribution in [0, 0.1) is 0 Å². The molecule has 0 unspecified atom stereocenters. The first kappa shape index (κ1) is 17.2. The van der Waals surface area contributed by atoms with E-state index in [1.165, 1.54) is 17.5 Å². The topological polar surface area (TPSA) is 70.7 Å². The highest BCUT2D eigenvalue weighted by Gasteiger charge is 2.12. The molecule has 0 saturated carbocycles. The number of H-pyrrole nitrogens is 1. The molecule has 0 fully saturated rings. The Morgan fingerprint density at radius 2 is 1.91 bits per heavy atom. The van der Waals surface area contributed by atoms with Crippen LogP contribution in [0.5, 0.6) is 0 Å². The van der Waals surface area contributed by atoms with Gasteiger partial charge in [-0.15, -0.1) is 0 Å². The van der Waals surface area contributed by atoms with Gasteiger partial charge in [0.15, 0.2) is 0 Å². The van der Waals surface area contributed by atoms with Gasteiger partial charge in [-0.05, 0) is 29.4 Å². The fourth-order valence-electron chi connectivity index (χ4n) is 2.35. The van der Waals surface area contributed by atoms with Crippen LogP contribution in [-0.4, -0.2) is 27.6 Å². The molecular formula is C18H26N4O. The van der Waals surface area contributed by atoms with Crippen LogP contribution in [0.15, 0.2) is 30.6 Å². The molecule has 5 heteroatoms. The van der Waals surface area contributed by atoms with Crippen molar-refractivity contribution in [2.45, 2.75) is 51.9 Å². The lowest BCUT2D eigenvalue weighted by Gasteiger charge is -2.19. The molecular weight excluding hydrogens is 288 g/mol. The van der Waals surface area contributed by atoms with Crippen molar-refractivity contribution in [2.24, 2.45) is 0 Å². The Hall–Kier alpha value is -2.17. The van der Waals surface area contributed by atoms with Crippen LogP contribution in [0.25, 0.3) is 0 Å². The zero-order valence-corrected chi connectivity index (χ0v) is 14.2. The Kier molecular flexibility index (Phi) is 5.90. The molecule has 23 heavy (non-hydrogen) atoms. The van der Waals surface area contributed by atoms with Gasteiger partial charge in [0.05, 0.1) is 0 Å². The molecule has 0 aliphatic carbocycles. The summed E-state index contributed by atoms with van der Waals surface area (Å²) in [6.07, 6.45) is 4.46. The lowest BCUT2D eigenvalue weighted by Crippen LogP contribution is -2.25. The number of nitrogens with one attached hydrogen (secondary N) is 2. The minimum atomic E-state index is 0.0995. The van der Waals surface area contributed by atoms with Gasteiger partial charge in [-0.25, -0.2) is 4.98 Å². The lowest BCUT2D eigenvalue weighted by molar-refractivity contribution is -0.121. The van der Waals surface area contributed by atoms with Gasteiger partial charge >= 0.3 is 0 Å². The molecule has 0 bridgehead atoms. The smallest absolute Gasteiger partial charge is 0.220 e. The summed E-state index contributed by atoms with van der Waals surface area (Å²) < 4.78 is 0. The normalized spacial score (nSPS) is 11.4. The predicted molar refractivity (Wildman–Crippen MR) is 91.2 cm³/mol.